The highest BCUT2D eigenvalue weighted by Crippen LogP contribution is 2.36. The highest BCUT2D eigenvalue weighted by Gasteiger charge is 2.22. The summed E-state index contributed by atoms with van der Waals surface area (Å²) in [5.74, 6) is 1.10. The molecule has 0 saturated carbocycles. The fourth-order valence-electron chi connectivity index (χ4n) is 3.04. The minimum atomic E-state index is 0.507. The number of hydrogen-bond donors (Lipinski definition) is 1. The third kappa shape index (κ3) is 2.69. The zero-order valence-electron chi connectivity index (χ0n) is 11.9. The fourth-order valence-corrected chi connectivity index (χ4v) is 3.04. The van der Waals surface area contributed by atoms with Crippen molar-refractivity contribution in [2.75, 3.05) is 13.2 Å². The van der Waals surface area contributed by atoms with Crippen LogP contribution in [0.2, 0.25) is 0 Å². The molecule has 100 valence electrons. The Bertz CT molecular complexity index is 400. The molecule has 0 bridgehead atoms. The molecule has 0 aliphatic heterocycles. The molecule has 1 unspecified atom stereocenters. The van der Waals surface area contributed by atoms with Crippen LogP contribution >= 0.6 is 0 Å². The standard InChI is InChI=1S/C16H25NO/c1-4-17-14-9-7-6-8-13-15(18-5-2)11-10-12(3)16(13)14/h10-11,14,17H,4-9H2,1-3H3. The first-order chi connectivity index (χ1) is 8.77. The van der Waals surface area contributed by atoms with Crippen LogP contribution in [-0.4, -0.2) is 13.2 Å². The molecule has 1 aromatic carbocycles. The van der Waals surface area contributed by atoms with Gasteiger partial charge in [-0.25, -0.2) is 0 Å². The predicted octanol–water partition coefficient (Wildman–Crippen LogP) is 3.77. The van der Waals surface area contributed by atoms with Crippen molar-refractivity contribution in [2.24, 2.45) is 0 Å². The first-order valence-electron chi connectivity index (χ1n) is 7.26. The Morgan fingerprint density at radius 2 is 2.11 bits per heavy atom. The number of benzene rings is 1. The fraction of sp³-hybridized carbons (Fsp3) is 0.625. The SMILES string of the molecule is CCNC1CCCCc2c(OCC)ccc(C)c21. The van der Waals surface area contributed by atoms with Gasteiger partial charge < -0.3 is 10.1 Å². The van der Waals surface area contributed by atoms with Gasteiger partial charge in [-0.3, -0.25) is 0 Å². The van der Waals surface area contributed by atoms with Crippen LogP contribution in [0.1, 0.15) is 55.8 Å². The van der Waals surface area contributed by atoms with Crippen LogP contribution in [0.3, 0.4) is 0 Å². The monoisotopic (exact) mass is 247 g/mol. The smallest absolute Gasteiger partial charge is 0.122 e. The Balaban J connectivity index is 2.44. The van der Waals surface area contributed by atoms with Crippen molar-refractivity contribution in [2.45, 2.75) is 52.5 Å². The average molecular weight is 247 g/mol. The van der Waals surface area contributed by atoms with Crippen LogP contribution < -0.4 is 10.1 Å². The van der Waals surface area contributed by atoms with Crippen molar-refractivity contribution in [3.8, 4) is 5.75 Å². The minimum Gasteiger partial charge on any atom is -0.494 e. The third-order valence-electron chi connectivity index (χ3n) is 3.80. The molecule has 2 nitrogen and oxygen atoms in total. The summed E-state index contributed by atoms with van der Waals surface area (Å²) in [6.07, 6.45) is 4.99. The van der Waals surface area contributed by atoms with Gasteiger partial charge in [-0.05, 0) is 62.4 Å². The molecule has 2 heteroatoms. The van der Waals surface area contributed by atoms with Gasteiger partial charge in [-0.15, -0.1) is 0 Å². The number of nitrogens with one attached hydrogen (secondary N) is 1. The van der Waals surface area contributed by atoms with Gasteiger partial charge in [-0.2, -0.15) is 0 Å². The van der Waals surface area contributed by atoms with Gasteiger partial charge in [0.2, 0.25) is 0 Å². The number of rotatable bonds is 4. The van der Waals surface area contributed by atoms with Crippen LogP contribution in [0.4, 0.5) is 0 Å². The van der Waals surface area contributed by atoms with Gasteiger partial charge in [0.05, 0.1) is 6.61 Å². The topological polar surface area (TPSA) is 21.3 Å². The largest absolute Gasteiger partial charge is 0.494 e. The van der Waals surface area contributed by atoms with Crippen molar-refractivity contribution < 1.29 is 4.74 Å². The second kappa shape index (κ2) is 6.24. The first-order valence-corrected chi connectivity index (χ1v) is 7.26. The summed E-state index contributed by atoms with van der Waals surface area (Å²) >= 11 is 0. The molecule has 18 heavy (non-hydrogen) atoms. The molecule has 1 N–H and O–H groups in total. The zero-order chi connectivity index (χ0) is 13.0. The van der Waals surface area contributed by atoms with Crippen LogP contribution in [-0.2, 0) is 6.42 Å². The average Bonchev–Trinajstić information content (AvgIpc) is 2.57. The van der Waals surface area contributed by atoms with Crippen LogP contribution in [0.5, 0.6) is 5.75 Å². The third-order valence-corrected chi connectivity index (χ3v) is 3.80. The van der Waals surface area contributed by atoms with Crippen LogP contribution in [0, 0.1) is 6.92 Å². The number of ether oxygens (including phenoxy) is 1. The molecule has 2 rings (SSSR count). The van der Waals surface area contributed by atoms with E-state index in [2.05, 4.69) is 38.2 Å². The molecule has 1 aliphatic carbocycles. The maximum absolute atomic E-state index is 5.81. The summed E-state index contributed by atoms with van der Waals surface area (Å²) in [5.41, 5.74) is 4.35. The Labute approximate surface area is 111 Å². The minimum absolute atomic E-state index is 0.507. The van der Waals surface area contributed by atoms with E-state index in [4.69, 9.17) is 4.74 Å². The van der Waals surface area contributed by atoms with Gasteiger partial charge in [0.25, 0.3) is 0 Å². The van der Waals surface area contributed by atoms with Crippen molar-refractivity contribution in [1.82, 2.24) is 5.32 Å². The summed E-state index contributed by atoms with van der Waals surface area (Å²) < 4.78 is 5.81. The molecule has 1 aromatic rings. The Morgan fingerprint density at radius 3 is 2.83 bits per heavy atom. The number of hydrogen-bond acceptors (Lipinski definition) is 2. The van der Waals surface area contributed by atoms with Crippen molar-refractivity contribution in [3.63, 3.8) is 0 Å². The molecule has 1 aliphatic rings. The Kier molecular flexibility index (Phi) is 4.65. The molecule has 0 aromatic heterocycles. The summed E-state index contributed by atoms with van der Waals surface area (Å²) in [6.45, 7) is 8.25. The molecular weight excluding hydrogens is 222 g/mol. The van der Waals surface area contributed by atoms with Gasteiger partial charge in [0.15, 0.2) is 0 Å². The Morgan fingerprint density at radius 1 is 1.28 bits per heavy atom. The van der Waals surface area contributed by atoms with E-state index >= 15 is 0 Å². The normalized spacial score (nSPS) is 19.2. The van der Waals surface area contributed by atoms with Crippen molar-refractivity contribution >= 4 is 0 Å². The molecule has 0 amide bonds. The van der Waals surface area contributed by atoms with E-state index in [1.807, 2.05) is 0 Å². The quantitative estimate of drug-likeness (QED) is 0.818. The van der Waals surface area contributed by atoms with E-state index in [-0.39, 0.29) is 0 Å². The number of aryl methyl sites for hydroxylation is 1. The summed E-state index contributed by atoms with van der Waals surface area (Å²) in [4.78, 5) is 0. The van der Waals surface area contributed by atoms with E-state index in [0.717, 1.165) is 25.3 Å². The second-order valence-corrected chi connectivity index (χ2v) is 5.06. The van der Waals surface area contributed by atoms with Crippen molar-refractivity contribution in [3.05, 3.63) is 28.8 Å². The lowest BCUT2D eigenvalue weighted by atomic mass is 9.93. The second-order valence-electron chi connectivity index (χ2n) is 5.06. The van der Waals surface area contributed by atoms with Gasteiger partial charge in [-0.1, -0.05) is 19.4 Å². The van der Waals surface area contributed by atoms with E-state index < -0.39 is 0 Å². The van der Waals surface area contributed by atoms with Crippen LogP contribution in [0.15, 0.2) is 12.1 Å². The molecule has 1 atom stereocenters. The molecule has 0 radical (unpaired) electrons. The van der Waals surface area contributed by atoms with E-state index in [9.17, 15) is 0 Å². The maximum atomic E-state index is 5.81. The van der Waals surface area contributed by atoms with Crippen LogP contribution in [0.25, 0.3) is 0 Å². The summed E-state index contributed by atoms with van der Waals surface area (Å²) in [7, 11) is 0. The molecular formula is C16H25NO. The summed E-state index contributed by atoms with van der Waals surface area (Å²) in [6, 6.07) is 4.86. The highest BCUT2D eigenvalue weighted by molar-refractivity contribution is 5.47. The van der Waals surface area contributed by atoms with Gasteiger partial charge in [0, 0.05) is 6.04 Å². The molecule has 0 fully saturated rings. The maximum Gasteiger partial charge on any atom is 0.122 e. The zero-order valence-corrected chi connectivity index (χ0v) is 11.9. The number of fused-ring (bicyclic) bond motifs is 1. The Hall–Kier alpha value is -1.02. The molecule has 0 spiro atoms. The predicted molar refractivity (Wildman–Crippen MR) is 76.3 cm³/mol. The molecule has 0 heterocycles. The molecule has 0 saturated heterocycles. The van der Waals surface area contributed by atoms with Gasteiger partial charge >= 0.3 is 0 Å². The first kappa shape index (κ1) is 13.4. The lowest BCUT2D eigenvalue weighted by Gasteiger charge is -2.22. The van der Waals surface area contributed by atoms with Crippen molar-refractivity contribution in [1.29, 1.82) is 0 Å². The van der Waals surface area contributed by atoms with E-state index in [1.54, 1.807) is 0 Å². The van der Waals surface area contributed by atoms with Gasteiger partial charge in [0.1, 0.15) is 5.75 Å². The lowest BCUT2D eigenvalue weighted by molar-refractivity contribution is 0.335. The van der Waals surface area contributed by atoms with E-state index in [1.165, 1.54) is 36.0 Å². The summed E-state index contributed by atoms with van der Waals surface area (Å²) in [5, 5.41) is 3.64. The highest BCUT2D eigenvalue weighted by atomic mass is 16.5. The van der Waals surface area contributed by atoms with E-state index in [0.29, 0.717) is 6.04 Å². The lowest BCUT2D eigenvalue weighted by Crippen LogP contribution is -2.22.